The molecule has 0 aliphatic carbocycles. The highest BCUT2D eigenvalue weighted by Crippen LogP contribution is 2.26. The Morgan fingerprint density at radius 1 is 1.31 bits per heavy atom. The van der Waals surface area contributed by atoms with Crippen molar-refractivity contribution in [3.63, 3.8) is 0 Å². The summed E-state index contributed by atoms with van der Waals surface area (Å²) in [5.41, 5.74) is 0.823. The highest BCUT2D eigenvalue weighted by atomic mass is 35.5. The fourth-order valence-corrected chi connectivity index (χ4v) is 4.67. The molecule has 10 heteroatoms. The van der Waals surface area contributed by atoms with Gasteiger partial charge >= 0.3 is 5.97 Å². The Morgan fingerprint density at radius 3 is 2.66 bits per heavy atom. The second-order valence-corrected chi connectivity index (χ2v) is 8.73. The number of hydrogen-bond donors (Lipinski definition) is 4. The minimum Gasteiger partial charge on any atom is -0.480 e. The molecule has 158 valence electrons. The van der Waals surface area contributed by atoms with E-state index in [1.807, 2.05) is 0 Å². The van der Waals surface area contributed by atoms with Crippen LogP contribution >= 0.6 is 23.4 Å². The van der Waals surface area contributed by atoms with Crippen LogP contribution in [0.15, 0.2) is 24.3 Å². The highest BCUT2D eigenvalue weighted by molar-refractivity contribution is 7.99. The first-order valence-corrected chi connectivity index (χ1v) is 10.9. The summed E-state index contributed by atoms with van der Waals surface area (Å²) >= 11 is 7.61. The Hall–Kier alpha value is -1.81. The van der Waals surface area contributed by atoms with Crippen molar-refractivity contribution in [2.45, 2.75) is 36.9 Å². The molecular formula is C19H24ClN3O5S. The van der Waals surface area contributed by atoms with E-state index in [9.17, 15) is 24.6 Å². The molecule has 2 saturated heterocycles. The normalized spacial score (nSPS) is 25.0. The molecule has 0 aromatic heterocycles. The molecule has 4 N–H and O–H groups in total. The van der Waals surface area contributed by atoms with E-state index in [0.29, 0.717) is 10.8 Å². The van der Waals surface area contributed by atoms with E-state index in [4.69, 9.17) is 11.6 Å². The molecule has 1 aromatic carbocycles. The van der Waals surface area contributed by atoms with E-state index in [-0.39, 0.29) is 49.7 Å². The molecule has 0 spiro atoms. The molecule has 8 nitrogen and oxygen atoms in total. The standard InChI is InChI=1S/C19H24ClN3O5S/c20-13-3-1-11(2-4-13)12(7-21-18(26)15-9-29-10-22-15)5-17(25)23-8-14(24)6-16(23)19(27)28/h1-4,12,14-16,22,24H,5-10H2,(H,21,26)(H,27,28)/t12-,14-,15+,16-/m0/s1. The number of thioether (sulfide) groups is 1. The summed E-state index contributed by atoms with van der Waals surface area (Å²) in [4.78, 5) is 37.8. The van der Waals surface area contributed by atoms with Gasteiger partial charge < -0.3 is 20.4 Å². The second kappa shape index (κ2) is 9.80. The quantitative estimate of drug-likeness (QED) is 0.490. The molecule has 2 aliphatic heterocycles. The van der Waals surface area contributed by atoms with E-state index < -0.39 is 18.1 Å². The van der Waals surface area contributed by atoms with Gasteiger partial charge in [0.15, 0.2) is 0 Å². The van der Waals surface area contributed by atoms with Gasteiger partial charge in [0, 0.05) is 48.5 Å². The zero-order chi connectivity index (χ0) is 21.0. The monoisotopic (exact) mass is 441 g/mol. The number of carbonyl (C=O) groups is 3. The summed E-state index contributed by atoms with van der Waals surface area (Å²) in [6.07, 6.45) is -0.806. The molecule has 3 rings (SSSR count). The zero-order valence-corrected chi connectivity index (χ0v) is 17.3. The number of likely N-dealkylation sites (tertiary alicyclic amines) is 1. The maximum atomic E-state index is 12.9. The van der Waals surface area contributed by atoms with Crippen LogP contribution in [-0.2, 0) is 14.4 Å². The van der Waals surface area contributed by atoms with Gasteiger partial charge in [-0.05, 0) is 17.7 Å². The van der Waals surface area contributed by atoms with E-state index in [2.05, 4.69) is 10.6 Å². The lowest BCUT2D eigenvalue weighted by atomic mass is 9.94. The van der Waals surface area contributed by atoms with Gasteiger partial charge in [-0.25, -0.2) is 4.79 Å². The number of nitrogens with one attached hydrogen (secondary N) is 2. The van der Waals surface area contributed by atoms with E-state index in [0.717, 1.165) is 11.4 Å². The van der Waals surface area contributed by atoms with Crippen LogP contribution in [0.4, 0.5) is 0 Å². The first-order valence-electron chi connectivity index (χ1n) is 9.39. The maximum absolute atomic E-state index is 12.9. The molecular weight excluding hydrogens is 418 g/mol. The first kappa shape index (κ1) is 21.9. The van der Waals surface area contributed by atoms with Crippen molar-refractivity contribution in [2.24, 2.45) is 0 Å². The molecule has 2 amide bonds. The van der Waals surface area contributed by atoms with E-state index >= 15 is 0 Å². The number of carboxylic acids is 1. The largest absolute Gasteiger partial charge is 0.480 e. The van der Waals surface area contributed by atoms with Gasteiger partial charge in [-0.1, -0.05) is 23.7 Å². The Morgan fingerprint density at radius 2 is 2.03 bits per heavy atom. The molecule has 2 heterocycles. The number of aliphatic hydroxyl groups is 1. The van der Waals surface area contributed by atoms with Crippen LogP contribution in [0.25, 0.3) is 0 Å². The summed E-state index contributed by atoms with van der Waals surface area (Å²) in [5, 5.41) is 25.7. The summed E-state index contributed by atoms with van der Waals surface area (Å²) in [5.74, 6) is -0.534. The minimum absolute atomic E-state index is 0.00128. The Labute approximate surface area is 178 Å². The van der Waals surface area contributed by atoms with Gasteiger partial charge in [0.2, 0.25) is 11.8 Å². The SMILES string of the molecule is O=C(NC[C@H](CC(=O)N1C[C@@H](O)C[C@H]1C(=O)O)c1ccc(Cl)cc1)[C@H]1CSCN1. The molecule has 0 bridgehead atoms. The summed E-state index contributed by atoms with van der Waals surface area (Å²) < 4.78 is 0. The van der Waals surface area contributed by atoms with Crippen molar-refractivity contribution >= 4 is 41.1 Å². The van der Waals surface area contributed by atoms with Crippen molar-refractivity contribution in [3.8, 4) is 0 Å². The molecule has 2 fully saturated rings. The molecule has 4 atom stereocenters. The van der Waals surface area contributed by atoms with Gasteiger partial charge in [0.25, 0.3) is 0 Å². The van der Waals surface area contributed by atoms with Crippen LogP contribution in [0.2, 0.25) is 5.02 Å². The van der Waals surface area contributed by atoms with Crippen LogP contribution in [0, 0.1) is 0 Å². The number of nitrogens with zero attached hydrogens (tertiary/aromatic N) is 1. The summed E-state index contributed by atoms with van der Waals surface area (Å²) in [6, 6.07) is 5.73. The predicted molar refractivity (Wildman–Crippen MR) is 110 cm³/mol. The first-order chi connectivity index (χ1) is 13.8. The fraction of sp³-hybridized carbons (Fsp3) is 0.526. The van der Waals surface area contributed by atoms with Crippen LogP contribution < -0.4 is 10.6 Å². The third-order valence-corrected chi connectivity index (χ3v) is 6.39. The number of β-amino-alcohol motifs (C(OH)–C–C–N with tert-alkyl or cyclic N) is 1. The third-order valence-electron chi connectivity index (χ3n) is 5.20. The van der Waals surface area contributed by atoms with Crippen molar-refractivity contribution < 1.29 is 24.6 Å². The average Bonchev–Trinajstić information content (AvgIpc) is 3.35. The molecule has 0 radical (unpaired) electrons. The summed E-state index contributed by atoms with van der Waals surface area (Å²) in [7, 11) is 0. The number of halogens is 1. The van der Waals surface area contributed by atoms with Gasteiger partial charge in [0.05, 0.1) is 12.1 Å². The Bertz CT molecular complexity index is 757. The number of aliphatic hydroxyl groups excluding tert-OH is 1. The van der Waals surface area contributed by atoms with Crippen LogP contribution in [0.1, 0.15) is 24.3 Å². The van der Waals surface area contributed by atoms with Gasteiger partial charge in [-0.15, -0.1) is 11.8 Å². The lowest BCUT2D eigenvalue weighted by molar-refractivity contribution is -0.148. The number of carboxylic acid groups (broad SMARTS) is 1. The Kier molecular flexibility index (Phi) is 7.39. The predicted octanol–water partition coefficient (Wildman–Crippen LogP) is 0.639. The molecule has 29 heavy (non-hydrogen) atoms. The van der Waals surface area contributed by atoms with Gasteiger partial charge in [-0.3, -0.25) is 14.9 Å². The highest BCUT2D eigenvalue weighted by Gasteiger charge is 2.39. The van der Waals surface area contributed by atoms with Crippen LogP contribution in [0.5, 0.6) is 0 Å². The maximum Gasteiger partial charge on any atom is 0.326 e. The lowest BCUT2D eigenvalue weighted by Crippen LogP contribution is -2.44. The van der Waals surface area contributed by atoms with Gasteiger partial charge in [-0.2, -0.15) is 0 Å². The number of benzene rings is 1. The number of carbonyl (C=O) groups excluding carboxylic acids is 2. The second-order valence-electron chi connectivity index (χ2n) is 7.26. The number of rotatable bonds is 7. The molecule has 0 saturated carbocycles. The Balaban J connectivity index is 1.70. The lowest BCUT2D eigenvalue weighted by Gasteiger charge is -2.25. The average molecular weight is 442 g/mol. The fourth-order valence-electron chi connectivity index (χ4n) is 3.60. The third kappa shape index (κ3) is 5.63. The van der Waals surface area contributed by atoms with E-state index in [1.165, 1.54) is 4.90 Å². The van der Waals surface area contributed by atoms with Gasteiger partial charge in [0.1, 0.15) is 6.04 Å². The smallest absolute Gasteiger partial charge is 0.326 e. The zero-order valence-electron chi connectivity index (χ0n) is 15.7. The minimum atomic E-state index is -1.13. The van der Waals surface area contributed by atoms with E-state index in [1.54, 1.807) is 36.0 Å². The van der Waals surface area contributed by atoms with Crippen molar-refractivity contribution in [2.75, 3.05) is 24.7 Å². The number of amides is 2. The number of aliphatic carboxylic acids is 1. The molecule has 1 aromatic rings. The summed E-state index contributed by atoms with van der Waals surface area (Å²) in [6.45, 7) is 0.238. The van der Waals surface area contributed by atoms with Crippen molar-refractivity contribution in [1.29, 1.82) is 0 Å². The number of hydrogen-bond acceptors (Lipinski definition) is 6. The molecule has 2 aliphatic rings. The van der Waals surface area contributed by atoms with Crippen molar-refractivity contribution in [3.05, 3.63) is 34.9 Å². The molecule has 0 unspecified atom stereocenters. The van der Waals surface area contributed by atoms with Crippen molar-refractivity contribution in [1.82, 2.24) is 15.5 Å². The topological polar surface area (TPSA) is 119 Å². The van der Waals surface area contributed by atoms with Crippen LogP contribution in [-0.4, -0.2) is 75.8 Å². The van der Waals surface area contributed by atoms with Crippen LogP contribution in [0.3, 0.4) is 0 Å².